The number of urea groups is 1. The number of hydrogen-bond acceptors (Lipinski definition) is 5. The Morgan fingerprint density at radius 2 is 2.42 bits per heavy atom. The maximum Gasteiger partial charge on any atom is 0.321 e. The first-order valence-corrected chi connectivity index (χ1v) is 6.78. The van der Waals surface area contributed by atoms with Crippen molar-refractivity contribution in [2.75, 3.05) is 5.32 Å². The van der Waals surface area contributed by atoms with E-state index in [9.17, 15) is 4.79 Å². The second-order valence-electron chi connectivity index (χ2n) is 4.11. The number of nitrogens with zero attached hydrogens (tertiary/aromatic N) is 4. The number of hydrogen-bond donors (Lipinski definition) is 2. The van der Waals surface area contributed by atoms with Crippen LogP contribution in [-0.2, 0) is 6.54 Å². The molecule has 19 heavy (non-hydrogen) atoms. The Labute approximate surface area is 115 Å². The molecule has 0 aliphatic rings. The van der Waals surface area contributed by atoms with Crippen LogP contribution in [0.5, 0.6) is 0 Å². The third-order valence-corrected chi connectivity index (χ3v) is 3.29. The molecular formula is C11H16N6OS. The third-order valence-electron chi connectivity index (χ3n) is 2.57. The number of aromatic nitrogens is 4. The van der Waals surface area contributed by atoms with Gasteiger partial charge in [-0.1, -0.05) is 6.92 Å². The number of carbonyl (C=O) groups is 1. The molecule has 8 heteroatoms. The fraction of sp³-hybridized carbons (Fsp3) is 0.455. The molecule has 0 spiro atoms. The lowest BCUT2D eigenvalue weighted by atomic mass is 10.2. The van der Waals surface area contributed by atoms with E-state index in [1.807, 2.05) is 17.7 Å². The summed E-state index contributed by atoms with van der Waals surface area (Å²) in [5.41, 5.74) is 0. The van der Waals surface area contributed by atoms with Crippen LogP contribution < -0.4 is 10.6 Å². The van der Waals surface area contributed by atoms with Gasteiger partial charge in [-0.15, -0.1) is 0 Å². The van der Waals surface area contributed by atoms with Gasteiger partial charge < -0.3 is 9.88 Å². The molecule has 2 heterocycles. The van der Waals surface area contributed by atoms with Crippen molar-refractivity contribution in [1.29, 1.82) is 0 Å². The summed E-state index contributed by atoms with van der Waals surface area (Å²) in [6, 6.07) is -0.216. The minimum atomic E-state index is -0.261. The van der Waals surface area contributed by atoms with Gasteiger partial charge in [-0.3, -0.25) is 5.32 Å². The summed E-state index contributed by atoms with van der Waals surface area (Å²) in [5.74, 6) is 0.658. The lowest BCUT2D eigenvalue weighted by Gasteiger charge is -2.17. The van der Waals surface area contributed by atoms with Crippen LogP contribution in [0.1, 0.15) is 19.2 Å². The molecule has 2 aromatic rings. The van der Waals surface area contributed by atoms with Gasteiger partial charge in [0.15, 0.2) is 0 Å². The Morgan fingerprint density at radius 3 is 3.00 bits per heavy atom. The molecule has 1 atom stereocenters. The van der Waals surface area contributed by atoms with Gasteiger partial charge in [0.05, 0.1) is 6.33 Å². The van der Waals surface area contributed by atoms with Gasteiger partial charge >= 0.3 is 6.03 Å². The summed E-state index contributed by atoms with van der Waals surface area (Å²) in [7, 11) is 0. The minimum Gasteiger partial charge on any atom is -0.335 e. The van der Waals surface area contributed by atoms with Crippen LogP contribution in [0.2, 0.25) is 0 Å². The lowest BCUT2D eigenvalue weighted by molar-refractivity contribution is 0.246. The number of rotatable bonds is 5. The predicted molar refractivity (Wildman–Crippen MR) is 73.1 cm³/mol. The number of nitrogens with one attached hydrogen (secondary N) is 2. The van der Waals surface area contributed by atoms with E-state index >= 15 is 0 Å². The van der Waals surface area contributed by atoms with Crippen LogP contribution in [-0.4, -0.2) is 31.0 Å². The van der Waals surface area contributed by atoms with Crippen LogP contribution >= 0.6 is 11.5 Å². The van der Waals surface area contributed by atoms with E-state index in [2.05, 4.69) is 25.0 Å². The Hall–Kier alpha value is -1.96. The van der Waals surface area contributed by atoms with Crippen molar-refractivity contribution in [1.82, 2.24) is 24.2 Å². The molecular weight excluding hydrogens is 264 g/mol. The predicted octanol–water partition coefficient (Wildman–Crippen LogP) is 1.64. The van der Waals surface area contributed by atoms with Gasteiger partial charge in [-0.25, -0.2) is 14.8 Å². The molecule has 2 N–H and O–H groups in total. The number of anilines is 1. The first kappa shape index (κ1) is 13.5. The van der Waals surface area contributed by atoms with Crippen molar-refractivity contribution < 1.29 is 4.79 Å². The van der Waals surface area contributed by atoms with Gasteiger partial charge in [-0.2, -0.15) is 4.37 Å². The van der Waals surface area contributed by atoms with Gasteiger partial charge in [0.2, 0.25) is 5.13 Å². The van der Waals surface area contributed by atoms with E-state index in [0.29, 0.717) is 17.5 Å². The van der Waals surface area contributed by atoms with Crippen molar-refractivity contribution in [3.05, 3.63) is 24.5 Å². The zero-order chi connectivity index (χ0) is 13.7. The summed E-state index contributed by atoms with van der Waals surface area (Å²) in [6.07, 6.45) is 6.16. The molecule has 0 radical (unpaired) electrons. The van der Waals surface area contributed by atoms with E-state index < -0.39 is 0 Å². The number of imidazole rings is 1. The number of amides is 2. The van der Waals surface area contributed by atoms with Crippen LogP contribution in [0.4, 0.5) is 9.93 Å². The lowest BCUT2D eigenvalue weighted by Crippen LogP contribution is -2.40. The zero-order valence-corrected chi connectivity index (χ0v) is 11.6. The van der Waals surface area contributed by atoms with Crippen molar-refractivity contribution in [3.63, 3.8) is 0 Å². The molecule has 0 saturated carbocycles. The van der Waals surface area contributed by atoms with Crippen molar-refractivity contribution in [2.45, 2.75) is 32.9 Å². The molecule has 0 fully saturated rings. The highest BCUT2D eigenvalue weighted by atomic mass is 32.1. The molecule has 0 aromatic carbocycles. The van der Waals surface area contributed by atoms with Gasteiger partial charge in [0, 0.05) is 36.5 Å². The molecule has 0 aliphatic carbocycles. The van der Waals surface area contributed by atoms with Crippen molar-refractivity contribution in [2.24, 2.45) is 0 Å². The highest BCUT2D eigenvalue weighted by Crippen LogP contribution is 2.09. The topological polar surface area (TPSA) is 84.7 Å². The molecule has 0 unspecified atom stereocenters. The van der Waals surface area contributed by atoms with Crippen LogP contribution in [0.15, 0.2) is 18.7 Å². The first-order chi connectivity index (χ1) is 9.17. The minimum absolute atomic E-state index is 0.0446. The van der Waals surface area contributed by atoms with E-state index in [0.717, 1.165) is 6.42 Å². The van der Waals surface area contributed by atoms with Crippen molar-refractivity contribution in [3.8, 4) is 0 Å². The summed E-state index contributed by atoms with van der Waals surface area (Å²) in [5, 5.41) is 6.09. The maximum atomic E-state index is 11.8. The number of carbonyl (C=O) groups excluding carboxylic acids is 1. The molecule has 7 nitrogen and oxygen atoms in total. The molecule has 2 amide bonds. The summed E-state index contributed by atoms with van der Waals surface area (Å²) in [6.45, 7) is 4.50. The summed E-state index contributed by atoms with van der Waals surface area (Å²) in [4.78, 5) is 19.9. The second-order valence-corrected chi connectivity index (χ2v) is 4.86. The largest absolute Gasteiger partial charge is 0.335 e. The van der Waals surface area contributed by atoms with Crippen LogP contribution in [0.25, 0.3) is 0 Å². The van der Waals surface area contributed by atoms with Gasteiger partial charge in [0.1, 0.15) is 5.82 Å². The molecule has 0 aliphatic heterocycles. The second kappa shape index (κ2) is 6.28. The Bertz CT molecular complexity index is 523. The van der Waals surface area contributed by atoms with Crippen LogP contribution in [0.3, 0.4) is 0 Å². The Morgan fingerprint density at radius 1 is 1.58 bits per heavy atom. The fourth-order valence-corrected chi connectivity index (χ4v) is 2.16. The molecule has 2 aromatic heterocycles. The molecule has 2 rings (SSSR count). The highest BCUT2D eigenvalue weighted by Gasteiger charge is 2.12. The quantitative estimate of drug-likeness (QED) is 0.872. The first-order valence-electron chi connectivity index (χ1n) is 6.01. The van der Waals surface area contributed by atoms with Gasteiger partial charge in [0.25, 0.3) is 0 Å². The van der Waals surface area contributed by atoms with E-state index in [-0.39, 0.29) is 12.1 Å². The molecule has 0 bridgehead atoms. The normalized spacial score (nSPS) is 12.1. The van der Waals surface area contributed by atoms with E-state index in [4.69, 9.17) is 0 Å². The molecule has 0 saturated heterocycles. The third kappa shape index (κ3) is 4.02. The monoisotopic (exact) mass is 280 g/mol. The smallest absolute Gasteiger partial charge is 0.321 e. The highest BCUT2D eigenvalue weighted by molar-refractivity contribution is 7.09. The zero-order valence-electron chi connectivity index (χ0n) is 10.8. The van der Waals surface area contributed by atoms with Crippen molar-refractivity contribution >= 4 is 22.7 Å². The Kier molecular flexibility index (Phi) is 4.45. The summed E-state index contributed by atoms with van der Waals surface area (Å²) >= 11 is 1.17. The van der Waals surface area contributed by atoms with Crippen LogP contribution in [0, 0.1) is 6.92 Å². The fourth-order valence-electron chi connectivity index (χ4n) is 1.59. The van der Waals surface area contributed by atoms with E-state index in [1.54, 1.807) is 19.4 Å². The average molecular weight is 280 g/mol. The van der Waals surface area contributed by atoms with E-state index in [1.165, 1.54) is 11.5 Å². The number of aryl methyl sites for hydroxylation is 1. The Balaban J connectivity index is 1.85. The average Bonchev–Trinajstić information content (AvgIpc) is 3.00. The summed E-state index contributed by atoms with van der Waals surface area (Å²) < 4.78 is 5.94. The standard InChI is InChI=1S/C11H16N6OS/c1-3-9(6-17-5-4-12-7-17)14-10(18)15-11-13-8(2)16-19-11/h4-5,7,9H,3,6H2,1-2H3,(H2,13,14,15,16,18)/t9-/m1/s1. The maximum absolute atomic E-state index is 11.8. The molecule has 102 valence electrons. The SMILES string of the molecule is CC[C@H](Cn1ccnc1)NC(=O)Nc1nc(C)ns1. The van der Waals surface area contributed by atoms with Gasteiger partial charge in [-0.05, 0) is 13.3 Å².